The molecule has 0 aliphatic heterocycles. The van der Waals surface area contributed by atoms with E-state index in [0.29, 0.717) is 12.0 Å². The SMILES string of the molecule is C=C(CC)C(OC(C)=O)OC(C)=O. The number of hydrogen-bond donors (Lipinski definition) is 0. The van der Waals surface area contributed by atoms with Crippen LogP contribution in [0.15, 0.2) is 12.2 Å². The van der Waals surface area contributed by atoms with E-state index < -0.39 is 18.2 Å². The van der Waals surface area contributed by atoms with Crippen molar-refractivity contribution in [2.24, 2.45) is 0 Å². The van der Waals surface area contributed by atoms with Gasteiger partial charge in [0.15, 0.2) is 0 Å². The Labute approximate surface area is 77.5 Å². The molecule has 0 unspecified atom stereocenters. The van der Waals surface area contributed by atoms with Gasteiger partial charge in [0.1, 0.15) is 0 Å². The molecule has 0 aromatic carbocycles. The predicted molar refractivity (Wildman–Crippen MR) is 46.8 cm³/mol. The molecule has 0 spiro atoms. The van der Waals surface area contributed by atoms with Crippen LogP contribution in [0.5, 0.6) is 0 Å². The normalized spacial score (nSPS) is 9.54. The van der Waals surface area contributed by atoms with Crippen LogP contribution in [0.3, 0.4) is 0 Å². The zero-order valence-electron chi connectivity index (χ0n) is 8.12. The highest BCUT2D eigenvalue weighted by atomic mass is 16.7. The molecule has 0 aromatic rings. The van der Waals surface area contributed by atoms with Gasteiger partial charge in [-0.2, -0.15) is 0 Å². The predicted octanol–water partition coefficient (Wildman–Crippen LogP) is 1.40. The summed E-state index contributed by atoms with van der Waals surface area (Å²) < 4.78 is 9.46. The van der Waals surface area contributed by atoms with Crippen molar-refractivity contribution in [2.75, 3.05) is 0 Å². The first-order chi connectivity index (χ1) is 5.97. The molecule has 0 aliphatic rings. The highest BCUT2D eigenvalue weighted by Crippen LogP contribution is 2.10. The Bertz CT molecular complexity index is 204. The number of esters is 2. The highest BCUT2D eigenvalue weighted by Gasteiger charge is 2.17. The minimum absolute atomic E-state index is 0.499. The van der Waals surface area contributed by atoms with Crippen molar-refractivity contribution in [3.63, 3.8) is 0 Å². The Balaban J connectivity index is 4.26. The van der Waals surface area contributed by atoms with E-state index in [4.69, 9.17) is 9.47 Å². The molecule has 13 heavy (non-hydrogen) atoms. The molecule has 0 fully saturated rings. The number of ether oxygens (including phenoxy) is 2. The Hall–Kier alpha value is -1.32. The summed E-state index contributed by atoms with van der Waals surface area (Å²) in [5.74, 6) is -0.998. The van der Waals surface area contributed by atoms with E-state index in [-0.39, 0.29) is 0 Å². The fourth-order valence-electron chi connectivity index (χ4n) is 0.659. The van der Waals surface area contributed by atoms with Gasteiger partial charge in [0.2, 0.25) is 0 Å². The molecule has 0 aromatic heterocycles. The first-order valence-electron chi connectivity index (χ1n) is 3.99. The maximum absolute atomic E-state index is 10.6. The van der Waals surface area contributed by atoms with Gasteiger partial charge in [0.05, 0.1) is 0 Å². The second kappa shape index (κ2) is 5.35. The standard InChI is InChI=1S/C9H14O4/c1-5-6(2)9(12-7(3)10)13-8(4)11/h9H,2,5H2,1,3-4H3. The molecule has 4 nitrogen and oxygen atoms in total. The molecule has 0 atom stereocenters. The van der Waals surface area contributed by atoms with Gasteiger partial charge in [0.25, 0.3) is 6.29 Å². The Morgan fingerprint density at radius 3 is 1.85 bits per heavy atom. The lowest BCUT2D eigenvalue weighted by atomic mass is 10.2. The second-order valence-electron chi connectivity index (χ2n) is 2.56. The summed E-state index contributed by atoms with van der Waals surface area (Å²) in [7, 11) is 0. The number of carbonyl (C=O) groups excluding carboxylic acids is 2. The van der Waals surface area contributed by atoms with Gasteiger partial charge in [0, 0.05) is 19.4 Å². The fourth-order valence-corrected chi connectivity index (χ4v) is 0.659. The van der Waals surface area contributed by atoms with E-state index in [9.17, 15) is 9.59 Å². The van der Waals surface area contributed by atoms with E-state index >= 15 is 0 Å². The molecule has 0 saturated carbocycles. The summed E-state index contributed by atoms with van der Waals surface area (Å²) in [6.07, 6.45) is -0.356. The summed E-state index contributed by atoms with van der Waals surface area (Å²) in [6.45, 7) is 7.96. The summed E-state index contributed by atoms with van der Waals surface area (Å²) in [5.41, 5.74) is 0.561. The van der Waals surface area contributed by atoms with Gasteiger partial charge >= 0.3 is 11.9 Å². The lowest BCUT2D eigenvalue weighted by Gasteiger charge is -2.17. The quantitative estimate of drug-likeness (QED) is 0.378. The largest absolute Gasteiger partial charge is 0.421 e. The fraction of sp³-hybridized carbons (Fsp3) is 0.556. The van der Waals surface area contributed by atoms with E-state index in [1.54, 1.807) is 0 Å². The van der Waals surface area contributed by atoms with Gasteiger partial charge < -0.3 is 9.47 Å². The van der Waals surface area contributed by atoms with Crippen LogP contribution in [0, 0.1) is 0 Å². The molecule has 74 valence electrons. The van der Waals surface area contributed by atoms with Crippen molar-refractivity contribution in [3.05, 3.63) is 12.2 Å². The molecule has 0 saturated heterocycles. The summed E-state index contributed by atoms with van der Waals surface area (Å²) in [4.78, 5) is 21.2. The minimum Gasteiger partial charge on any atom is -0.421 e. The second-order valence-corrected chi connectivity index (χ2v) is 2.56. The Kier molecular flexibility index (Phi) is 4.80. The van der Waals surface area contributed by atoms with Crippen LogP contribution in [0.1, 0.15) is 27.2 Å². The average molecular weight is 186 g/mol. The lowest BCUT2D eigenvalue weighted by molar-refractivity contribution is -0.178. The van der Waals surface area contributed by atoms with Gasteiger partial charge in [-0.05, 0) is 6.42 Å². The van der Waals surface area contributed by atoms with Crippen LogP contribution in [0.25, 0.3) is 0 Å². The number of rotatable bonds is 4. The zero-order chi connectivity index (χ0) is 10.4. The van der Waals surface area contributed by atoms with Crippen LogP contribution in [-0.2, 0) is 19.1 Å². The molecule has 0 aliphatic carbocycles. The maximum Gasteiger partial charge on any atom is 0.305 e. The first kappa shape index (κ1) is 11.7. The molecule has 0 bridgehead atoms. The van der Waals surface area contributed by atoms with Gasteiger partial charge in [-0.3, -0.25) is 9.59 Å². The summed E-state index contributed by atoms with van der Waals surface area (Å²) in [6, 6.07) is 0. The number of hydrogen-bond acceptors (Lipinski definition) is 4. The zero-order valence-corrected chi connectivity index (χ0v) is 8.12. The van der Waals surface area contributed by atoms with Gasteiger partial charge in [-0.25, -0.2) is 0 Å². The third-order valence-electron chi connectivity index (χ3n) is 1.33. The molecule has 4 heteroatoms. The summed E-state index contributed by atoms with van der Waals surface area (Å²) in [5, 5.41) is 0. The van der Waals surface area contributed by atoms with Gasteiger partial charge in [-0.15, -0.1) is 0 Å². The lowest BCUT2D eigenvalue weighted by Crippen LogP contribution is -2.23. The Morgan fingerprint density at radius 2 is 1.62 bits per heavy atom. The van der Waals surface area contributed by atoms with Crippen LogP contribution in [0.2, 0.25) is 0 Å². The van der Waals surface area contributed by atoms with E-state index in [2.05, 4.69) is 6.58 Å². The Morgan fingerprint density at radius 1 is 1.23 bits per heavy atom. The molecular formula is C9H14O4. The average Bonchev–Trinajstić information content (AvgIpc) is 2.00. The van der Waals surface area contributed by atoms with Crippen LogP contribution in [-0.4, -0.2) is 18.2 Å². The van der Waals surface area contributed by atoms with Crippen molar-refractivity contribution in [3.8, 4) is 0 Å². The first-order valence-corrected chi connectivity index (χ1v) is 3.99. The van der Waals surface area contributed by atoms with Crippen LogP contribution in [0.4, 0.5) is 0 Å². The minimum atomic E-state index is -0.944. The van der Waals surface area contributed by atoms with Crippen molar-refractivity contribution >= 4 is 11.9 Å². The van der Waals surface area contributed by atoms with Crippen molar-refractivity contribution < 1.29 is 19.1 Å². The van der Waals surface area contributed by atoms with Crippen LogP contribution < -0.4 is 0 Å². The monoisotopic (exact) mass is 186 g/mol. The molecule has 0 N–H and O–H groups in total. The molecule has 0 radical (unpaired) electrons. The number of carbonyl (C=O) groups is 2. The summed E-state index contributed by atoms with van der Waals surface area (Å²) >= 11 is 0. The third kappa shape index (κ3) is 5.00. The van der Waals surface area contributed by atoms with E-state index in [0.717, 1.165) is 0 Å². The smallest absolute Gasteiger partial charge is 0.305 e. The molecular weight excluding hydrogens is 172 g/mol. The van der Waals surface area contributed by atoms with Crippen LogP contribution >= 0.6 is 0 Å². The van der Waals surface area contributed by atoms with Gasteiger partial charge in [-0.1, -0.05) is 13.5 Å². The highest BCUT2D eigenvalue weighted by molar-refractivity contribution is 5.68. The molecule has 0 rings (SSSR count). The third-order valence-corrected chi connectivity index (χ3v) is 1.33. The van der Waals surface area contributed by atoms with Crippen molar-refractivity contribution in [2.45, 2.75) is 33.5 Å². The van der Waals surface area contributed by atoms with Crippen molar-refractivity contribution in [1.29, 1.82) is 0 Å². The van der Waals surface area contributed by atoms with E-state index in [1.165, 1.54) is 13.8 Å². The molecule has 0 amide bonds. The molecule has 0 heterocycles. The van der Waals surface area contributed by atoms with E-state index in [1.807, 2.05) is 6.92 Å². The maximum atomic E-state index is 10.6. The topological polar surface area (TPSA) is 52.6 Å². The van der Waals surface area contributed by atoms with Crippen molar-refractivity contribution in [1.82, 2.24) is 0 Å².